The first-order valence-corrected chi connectivity index (χ1v) is 9.62. The molecule has 2 aromatic rings. The van der Waals surface area contributed by atoms with Crippen LogP contribution in [0.25, 0.3) is 0 Å². The van der Waals surface area contributed by atoms with Crippen LogP contribution in [0.4, 0.5) is 0 Å². The Morgan fingerprint density at radius 3 is 2.57 bits per heavy atom. The van der Waals surface area contributed by atoms with Crippen LogP contribution in [0.5, 0.6) is 5.75 Å². The summed E-state index contributed by atoms with van der Waals surface area (Å²) in [5, 5.41) is 9.45. The van der Waals surface area contributed by atoms with Crippen LogP contribution >= 0.6 is 35.3 Å². The normalized spacial score (nSPS) is 11.9. The highest BCUT2D eigenvalue weighted by molar-refractivity contribution is 14.0. The molecule has 154 valence electrons. The number of rotatable bonds is 8. The Hall–Kier alpha value is -1.88. The van der Waals surface area contributed by atoms with E-state index in [1.807, 2.05) is 35.8 Å². The monoisotopic (exact) mass is 517 g/mol. The van der Waals surface area contributed by atoms with Crippen molar-refractivity contribution in [2.24, 2.45) is 4.99 Å². The number of carbonyl (C=O) groups is 1. The quantitative estimate of drug-likeness (QED) is 0.320. The molecule has 0 aliphatic rings. The third-order valence-electron chi connectivity index (χ3n) is 3.93. The van der Waals surface area contributed by atoms with Crippen molar-refractivity contribution in [3.8, 4) is 5.75 Å². The van der Waals surface area contributed by atoms with E-state index in [0.29, 0.717) is 19.0 Å². The molecule has 1 aromatic heterocycles. The first-order chi connectivity index (χ1) is 13.0. The molecule has 0 bridgehead atoms. The average Bonchev–Trinajstić information content (AvgIpc) is 3.22. The number of aliphatic imine (C=N–C) groups is 1. The van der Waals surface area contributed by atoms with E-state index in [4.69, 9.17) is 4.74 Å². The average molecular weight is 517 g/mol. The minimum atomic E-state index is -0.0121. The highest BCUT2D eigenvalue weighted by atomic mass is 127. The summed E-state index contributed by atoms with van der Waals surface area (Å²) >= 11 is 1.63. The minimum absolute atomic E-state index is 0. The van der Waals surface area contributed by atoms with E-state index >= 15 is 0 Å². The molecule has 2 rings (SSSR count). The summed E-state index contributed by atoms with van der Waals surface area (Å²) in [5.41, 5.74) is 1.06. The number of thiazole rings is 1. The van der Waals surface area contributed by atoms with E-state index in [1.165, 1.54) is 0 Å². The standard InChI is InChI=1S/C19H27N5O2S.HI/c1-14(18-20-9-10-27-18)11-21-19(23-13-17(25)24(2)3)22-12-15-5-7-16(26-4)8-6-15;/h5-10,14H,11-13H2,1-4H3,(H2,21,22,23);1H. The number of likely N-dealkylation sites (N-methyl/N-ethyl adjacent to an activating group) is 1. The second-order valence-corrected chi connectivity index (χ2v) is 7.23. The van der Waals surface area contributed by atoms with Crippen molar-refractivity contribution in [2.75, 3.05) is 34.3 Å². The van der Waals surface area contributed by atoms with E-state index in [2.05, 4.69) is 27.5 Å². The van der Waals surface area contributed by atoms with Gasteiger partial charge in [-0.05, 0) is 17.7 Å². The van der Waals surface area contributed by atoms with E-state index in [1.54, 1.807) is 37.4 Å². The summed E-state index contributed by atoms with van der Waals surface area (Å²) in [6.07, 6.45) is 1.81. The number of hydrogen-bond donors (Lipinski definition) is 2. The fourth-order valence-electron chi connectivity index (χ4n) is 2.21. The highest BCUT2D eigenvalue weighted by Gasteiger charge is 2.10. The summed E-state index contributed by atoms with van der Waals surface area (Å²) in [7, 11) is 5.11. The Morgan fingerprint density at radius 1 is 1.29 bits per heavy atom. The molecule has 1 unspecified atom stereocenters. The fraction of sp³-hybridized carbons (Fsp3) is 0.421. The first kappa shape index (κ1) is 24.2. The van der Waals surface area contributed by atoms with Gasteiger partial charge in [-0.3, -0.25) is 4.79 Å². The van der Waals surface area contributed by atoms with Gasteiger partial charge in [0.1, 0.15) is 5.75 Å². The lowest BCUT2D eigenvalue weighted by molar-refractivity contribution is -0.127. The van der Waals surface area contributed by atoms with Crippen molar-refractivity contribution in [3.05, 3.63) is 46.4 Å². The third kappa shape index (κ3) is 8.01. The number of guanidine groups is 1. The topological polar surface area (TPSA) is 78.8 Å². The number of nitrogens with one attached hydrogen (secondary N) is 2. The number of halogens is 1. The number of amides is 1. The second kappa shape index (κ2) is 12.6. The highest BCUT2D eigenvalue weighted by Crippen LogP contribution is 2.16. The van der Waals surface area contributed by atoms with Gasteiger partial charge in [0.05, 0.1) is 25.2 Å². The molecule has 1 aromatic carbocycles. The molecule has 9 heteroatoms. The molecule has 0 fully saturated rings. The molecule has 0 aliphatic carbocycles. The van der Waals surface area contributed by atoms with Crippen LogP contribution in [-0.2, 0) is 11.3 Å². The molecule has 7 nitrogen and oxygen atoms in total. The largest absolute Gasteiger partial charge is 0.497 e. The Morgan fingerprint density at radius 2 is 2.00 bits per heavy atom. The molecule has 0 spiro atoms. The number of aromatic nitrogens is 1. The fourth-order valence-corrected chi connectivity index (χ4v) is 2.91. The molecular weight excluding hydrogens is 489 g/mol. The van der Waals surface area contributed by atoms with Gasteiger partial charge in [-0.25, -0.2) is 9.98 Å². The van der Waals surface area contributed by atoms with Crippen LogP contribution in [0.1, 0.15) is 23.4 Å². The van der Waals surface area contributed by atoms with Crippen LogP contribution in [0.15, 0.2) is 40.8 Å². The molecular formula is C19H28IN5O2S. The lowest BCUT2D eigenvalue weighted by Crippen LogP contribution is -2.43. The lowest BCUT2D eigenvalue weighted by Gasteiger charge is -2.16. The van der Waals surface area contributed by atoms with Gasteiger partial charge in [0.15, 0.2) is 5.96 Å². The zero-order valence-electron chi connectivity index (χ0n) is 16.6. The number of hydrogen-bond acceptors (Lipinski definition) is 5. The molecule has 1 amide bonds. The predicted molar refractivity (Wildman–Crippen MR) is 125 cm³/mol. The molecule has 1 atom stereocenters. The predicted octanol–water partition coefficient (Wildman–Crippen LogP) is 2.70. The molecule has 28 heavy (non-hydrogen) atoms. The second-order valence-electron chi connectivity index (χ2n) is 6.31. The lowest BCUT2D eigenvalue weighted by atomic mass is 10.2. The van der Waals surface area contributed by atoms with Crippen molar-refractivity contribution in [1.29, 1.82) is 0 Å². The van der Waals surface area contributed by atoms with Gasteiger partial charge in [-0.15, -0.1) is 35.3 Å². The van der Waals surface area contributed by atoms with Crippen LogP contribution < -0.4 is 15.4 Å². The molecule has 0 radical (unpaired) electrons. The summed E-state index contributed by atoms with van der Waals surface area (Å²) in [4.78, 5) is 22.4. The smallest absolute Gasteiger partial charge is 0.241 e. The Bertz CT molecular complexity index is 735. The van der Waals surface area contributed by atoms with Gasteiger partial charge in [-0.1, -0.05) is 19.1 Å². The Kier molecular flexibility index (Phi) is 10.8. The summed E-state index contributed by atoms with van der Waals surface area (Å²) in [6, 6.07) is 7.77. The number of methoxy groups -OCH3 is 1. The van der Waals surface area contributed by atoms with Gasteiger partial charge in [-0.2, -0.15) is 0 Å². The van der Waals surface area contributed by atoms with Crippen molar-refractivity contribution in [3.63, 3.8) is 0 Å². The van der Waals surface area contributed by atoms with Gasteiger partial charge in [0, 0.05) is 38.1 Å². The molecule has 0 saturated heterocycles. The number of ether oxygens (including phenoxy) is 1. The maximum Gasteiger partial charge on any atom is 0.241 e. The van der Waals surface area contributed by atoms with E-state index < -0.39 is 0 Å². The minimum Gasteiger partial charge on any atom is -0.497 e. The zero-order chi connectivity index (χ0) is 19.6. The molecule has 0 aliphatic heterocycles. The van der Waals surface area contributed by atoms with Crippen LogP contribution in [0.2, 0.25) is 0 Å². The van der Waals surface area contributed by atoms with Crippen molar-refractivity contribution >= 4 is 47.2 Å². The SMILES string of the molecule is COc1ccc(CN=C(NCC(=O)N(C)C)NCC(C)c2nccs2)cc1.I. The van der Waals surface area contributed by atoms with Crippen molar-refractivity contribution in [2.45, 2.75) is 19.4 Å². The van der Waals surface area contributed by atoms with E-state index in [9.17, 15) is 4.79 Å². The maximum absolute atomic E-state index is 11.9. The van der Waals surface area contributed by atoms with Crippen molar-refractivity contribution in [1.82, 2.24) is 20.5 Å². The van der Waals surface area contributed by atoms with Gasteiger partial charge < -0.3 is 20.3 Å². The third-order valence-corrected chi connectivity index (χ3v) is 4.94. The van der Waals surface area contributed by atoms with E-state index in [-0.39, 0.29) is 42.3 Å². The number of carbonyl (C=O) groups excluding carboxylic acids is 1. The first-order valence-electron chi connectivity index (χ1n) is 8.74. The van der Waals surface area contributed by atoms with Gasteiger partial charge in [0.25, 0.3) is 0 Å². The maximum atomic E-state index is 11.9. The van der Waals surface area contributed by atoms with Gasteiger partial charge in [0.2, 0.25) is 5.91 Å². The van der Waals surface area contributed by atoms with Crippen LogP contribution in [0, 0.1) is 0 Å². The van der Waals surface area contributed by atoms with Gasteiger partial charge >= 0.3 is 0 Å². The number of nitrogens with zero attached hydrogens (tertiary/aromatic N) is 3. The summed E-state index contributed by atoms with van der Waals surface area (Å²) < 4.78 is 5.17. The number of benzene rings is 1. The van der Waals surface area contributed by atoms with E-state index in [0.717, 1.165) is 16.3 Å². The van der Waals surface area contributed by atoms with Crippen molar-refractivity contribution < 1.29 is 9.53 Å². The molecule has 2 N–H and O–H groups in total. The molecule has 1 heterocycles. The zero-order valence-corrected chi connectivity index (χ0v) is 19.8. The summed E-state index contributed by atoms with van der Waals surface area (Å²) in [6.45, 7) is 3.48. The van der Waals surface area contributed by atoms with Crippen LogP contribution in [-0.4, -0.2) is 56.0 Å². The Balaban J connectivity index is 0.00000392. The Labute approximate surface area is 187 Å². The summed E-state index contributed by atoms with van der Waals surface area (Å²) in [5.74, 6) is 1.65. The van der Waals surface area contributed by atoms with Crippen LogP contribution in [0.3, 0.4) is 0 Å². The molecule has 0 saturated carbocycles.